The molecule has 0 unspecified atom stereocenters. The fourth-order valence-electron chi connectivity index (χ4n) is 3.73. The molecule has 0 saturated heterocycles. The van der Waals surface area contributed by atoms with Crippen molar-refractivity contribution < 1.29 is 19.8 Å². The van der Waals surface area contributed by atoms with E-state index in [0.717, 1.165) is 16.8 Å². The Labute approximate surface area is 182 Å². The number of aryl methyl sites for hydroxylation is 1. The molecule has 3 rings (SSSR count). The van der Waals surface area contributed by atoms with E-state index in [4.69, 9.17) is 0 Å². The van der Waals surface area contributed by atoms with Crippen LogP contribution in [0.2, 0.25) is 0 Å². The summed E-state index contributed by atoms with van der Waals surface area (Å²) in [6.45, 7) is 5.52. The van der Waals surface area contributed by atoms with Gasteiger partial charge in [-0.15, -0.1) is 0 Å². The Morgan fingerprint density at radius 1 is 1.13 bits per heavy atom. The van der Waals surface area contributed by atoms with Crippen molar-refractivity contribution >= 4 is 17.5 Å². The normalized spacial score (nSPS) is 13.1. The molecule has 1 aliphatic heterocycles. The Hall–Kier alpha value is -3.32. The Morgan fingerprint density at radius 2 is 1.87 bits per heavy atom. The molecule has 1 aliphatic rings. The summed E-state index contributed by atoms with van der Waals surface area (Å²) in [4.78, 5) is 31.2. The van der Waals surface area contributed by atoms with Gasteiger partial charge in [-0.3, -0.25) is 9.59 Å². The molecule has 0 aliphatic carbocycles. The number of anilines is 1. The molecule has 0 atom stereocenters. The number of fused-ring (bicyclic) bond motifs is 1. The van der Waals surface area contributed by atoms with Crippen LogP contribution in [0.5, 0.6) is 11.5 Å². The number of benzene rings is 2. The molecule has 31 heavy (non-hydrogen) atoms. The van der Waals surface area contributed by atoms with Gasteiger partial charge in [-0.1, -0.05) is 18.2 Å². The van der Waals surface area contributed by atoms with Crippen LogP contribution in [0, 0.1) is 6.92 Å². The second kappa shape index (κ2) is 9.22. The maximum atomic E-state index is 13.1. The molecule has 0 saturated carbocycles. The molecule has 7 heteroatoms. The summed E-state index contributed by atoms with van der Waals surface area (Å²) in [5, 5.41) is 19.9. The standard InChI is InChI=1S/C24H29N3O4/c1-5-27(23(30)10-7-11-25(3)4)20-9-6-8-17-14-26(15-19(17)20)24(31)18-12-16(2)21(28)13-22(18)29/h6-10,12-13,28-29H,5,11,14-15H2,1-4H3/b10-7+. The van der Waals surface area contributed by atoms with Crippen molar-refractivity contribution in [3.05, 3.63) is 64.7 Å². The van der Waals surface area contributed by atoms with E-state index in [-0.39, 0.29) is 28.9 Å². The first-order chi connectivity index (χ1) is 14.7. The molecular weight excluding hydrogens is 394 g/mol. The van der Waals surface area contributed by atoms with Crippen LogP contribution >= 0.6 is 0 Å². The highest BCUT2D eigenvalue weighted by Crippen LogP contribution is 2.35. The van der Waals surface area contributed by atoms with Crippen LogP contribution in [-0.4, -0.2) is 59.0 Å². The number of aromatic hydroxyl groups is 2. The lowest BCUT2D eigenvalue weighted by Crippen LogP contribution is -2.30. The molecule has 2 aromatic rings. The minimum absolute atomic E-state index is 0.0551. The quantitative estimate of drug-likeness (QED) is 0.698. The molecule has 2 N–H and O–H groups in total. The first kappa shape index (κ1) is 22.4. The van der Waals surface area contributed by atoms with Crippen molar-refractivity contribution in [1.82, 2.24) is 9.80 Å². The minimum Gasteiger partial charge on any atom is -0.508 e. The summed E-state index contributed by atoms with van der Waals surface area (Å²) < 4.78 is 0. The van der Waals surface area contributed by atoms with E-state index in [1.54, 1.807) is 22.8 Å². The van der Waals surface area contributed by atoms with Gasteiger partial charge in [0.2, 0.25) is 0 Å². The number of nitrogens with zero attached hydrogens (tertiary/aromatic N) is 3. The van der Waals surface area contributed by atoms with Crippen LogP contribution in [0.4, 0.5) is 5.69 Å². The lowest BCUT2D eigenvalue weighted by atomic mass is 10.1. The Morgan fingerprint density at radius 3 is 2.55 bits per heavy atom. The molecule has 0 fully saturated rings. The Kier molecular flexibility index (Phi) is 6.65. The van der Waals surface area contributed by atoms with Crippen LogP contribution in [-0.2, 0) is 17.9 Å². The van der Waals surface area contributed by atoms with E-state index in [1.807, 2.05) is 50.2 Å². The van der Waals surface area contributed by atoms with Gasteiger partial charge in [0.25, 0.3) is 11.8 Å². The summed E-state index contributed by atoms with van der Waals surface area (Å²) in [6, 6.07) is 8.43. The van der Waals surface area contributed by atoms with Gasteiger partial charge in [0, 0.05) is 49.6 Å². The number of rotatable bonds is 6. The lowest BCUT2D eigenvalue weighted by molar-refractivity contribution is -0.114. The van der Waals surface area contributed by atoms with Crippen LogP contribution in [0.25, 0.3) is 0 Å². The van der Waals surface area contributed by atoms with Gasteiger partial charge in [0.1, 0.15) is 11.5 Å². The number of carbonyl (C=O) groups excluding carboxylic acids is 2. The molecule has 7 nitrogen and oxygen atoms in total. The number of amides is 2. The summed E-state index contributed by atoms with van der Waals surface area (Å²) in [6.07, 6.45) is 3.41. The summed E-state index contributed by atoms with van der Waals surface area (Å²) in [7, 11) is 3.88. The van der Waals surface area contributed by atoms with Gasteiger partial charge >= 0.3 is 0 Å². The smallest absolute Gasteiger partial charge is 0.258 e. The third-order valence-electron chi connectivity index (χ3n) is 5.39. The maximum Gasteiger partial charge on any atom is 0.258 e. The predicted molar refractivity (Wildman–Crippen MR) is 120 cm³/mol. The van der Waals surface area contributed by atoms with Crippen molar-refractivity contribution in [2.75, 3.05) is 32.1 Å². The zero-order valence-electron chi connectivity index (χ0n) is 18.4. The first-order valence-electron chi connectivity index (χ1n) is 10.3. The number of phenolic OH excluding ortho intramolecular Hbond substituents is 2. The first-order valence-corrected chi connectivity index (χ1v) is 10.3. The molecule has 2 aromatic carbocycles. The van der Waals surface area contributed by atoms with E-state index < -0.39 is 0 Å². The maximum absolute atomic E-state index is 13.1. The molecule has 164 valence electrons. The SMILES string of the molecule is CCN(C(=O)/C=C/CN(C)C)c1cccc2c1CN(C(=O)c1cc(C)c(O)cc1O)C2. The van der Waals surface area contributed by atoms with Gasteiger partial charge in [-0.2, -0.15) is 0 Å². The fourth-order valence-corrected chi connectivity index (χ4v) is 3.73. The van der Waals surface area contributed by atoms with Crippen LogP contribution in [0.15, 0.2) is 42.5 Å². The van der Waals surface area contributed by atoms with Gasteiger partial charge in [0.15, 0.2) is 0 Å². The average Bonchev–Trinajstić information content (AvgIpc) is 3.15. The largest absolute Gasteiger partial charge is 0.508 e. The highest BCUT2D eigenvalue weighted by atomic mass is 16.3. The van der Waals surface area contributed by atoms with Crippen molar-refractivity contribution in [1.29, 1.82) is 0 Å². The molecule has 2 amide bonds. The van der Waals surface area contributed by atoms with Crippen molar-refractivity contribution in [2.24, 2.45) is 0 Å². The number of hydrogen-bond donors (Lipinski definition) is 2. The van der Waals surface area contributed by atoms with Crippen molar-refractivity contribution in [3.63, 3.8) is 0 Å². The summed E-state index contributed by atoms with van der Waals surface area (Å²) >= 11 is 0. The lowest BCUT2D eigenvalue weighted by Gasteiger charge is -2.23. The Bertz CT molecular complexity index is 1030. The van der Waals surface area contributed by atoms with Crippen LogP contribution in [0.1, 0.15) is 34.0 Å². The van der Waals surface area contributed by atoms with Gasteiger partial charge in [0.05, 0.1) is 5.56 Å². The van der Waals surface area contributed by atoms with Gasteiger partial charge < -0.3 is 24.9 Å². The number of carbonyl (C=O) groups is 2. The van der Waals surface area contributed by atoms with Crippen LogP contribution < -0.4 is 4.90 Å². The van der Waals surface area contributed by atoms with Gasteiger partial charge in [-0.25, -0.2) is 0 Å². The monoisotopic (exact) mass is 423 g/mol. The molecule has 0 spiro atoms. The Balaban J connectivity index is 1.85. The fraction of sp³-hybridized carbons (Fsp3) is 0.333. The van der Waals surface area contributed by atoms with E-state index >= 15 is 0 Å². The minimum atomic E-state index is -0.317. The number of phenols is 2. The highest BCUT2D eigenvalue weighted by Gasteiger charge is 2.30. The van der Waals surface area contributed by atoms with Gasteiger partial charge in [-0.05, 0) is 51.2 Å². The molecular formula is C24H29N3O4. The highest BCUT2D eigenvalue weighted by molar-refractivity contribution is 6.02. The molecule has 0 aromatic heterocycles. The zero-order chi connectivity index (χ0) is 22.7. The predicted octanol–water partition coefficient (Wildman–Crippen LogP) is 3.03. The number of likely N-dealkylation sites (N-methyl/N-ethyl adjacent to an activating group) is 2. The zero-order valence-corrected chi connectivity index (χ0v) is 18.4. The van der Waals surface area contributed by atoms with Crippen LogP contribution in [0.3, 0.4) is 0 Å². The average molecular weight is 424 g/mol. The van der Waals surface area contributed by atoms with Crippen molar-refractivity contribution in [3.8, 4) is 11.5 Å². The molecule has 0 bridgehead atoms. The summed E-state index contributed by atoms with van der Waals surface area (Å²) in [5.41, 5.74) is 3.37. The second-order valence-corrected chi connectivity index (χ2v) is 7.98. The third-order valence-corrected chi connectivity index (χ3v) is 5.39. The van der Waals surface area contributed by atoms with E-state index in [2.05, 4.69) is 0 Å². The number of hydrogen-bond acceptors (Lipinski definition) is 5. The second-order valence-electron chi connectivity index (χ2n) is 7.98. The van der Waals surface area contributed by atoms with E-state index in [1.165, 1.54) is 12.1 Å². The van der Waals surface area contributed by atoms with Crippen molar-refractivity contribution in [2.45, 2.75) is 26.9 Å². The molecule has 0 radical (unpaired) electrons. The van der Waals surface area contributed by atoms with E-state index in [9.17, 15) is 19.8 Å². The molecule has 1 heterocycles. The third kappa shape index (κ3) is 4.72. The topological polar surface area (TPSA) is 84.3 Å². The summed E-state index contributed by atoms with van der Waals surface area (Å²) in [5.74, 6) is -0.724. The van der Waals surface area contributed by atoms with E-state index in [0.29, 0.717) is 31.7 Å².